The number of likely N-dealkylation sites (tertiary alicyclic amines) is 1. The zero-order valence-electron chi connectivity index (χ0n) is 12.6. The fraction of sp³-hybridized carbons (Fsp3) is 0.562. The maximum atomic E-state index is 12.6. The molecule has 0 radical (unpaired) electrons. The number of aliphatic hydroxyl groups excluding tert-OH is 1. The van der Waals surface area contributed by atoms with Crippen LogP contribution in [-0.2, 0) is 11.4 Å². The number of carbonyl (C=O) groups excluding carboxylic acids is 1. The van der Waals surface area contributed by atoms with Gasteiger partial charge in [0.05, 0.1) is 12.3 Å². The van der Waals surface area contributed by atoms with Crippen molar-refractivity contribution in [1.29, 1.82) is 0 Å². The van der Waals surface area contributed by atoms with Gasteiger partial charge in [0.25, 0.3) is 5.91 Å². The molecule has 5 heteroatoms. The second-order valence-corrected chi connectivity index (χ2v) is 5.96. The molecule has 1 atom stereocenters. The van der Waals surface area contributed by atoms with Crippen LogP contribution in [0.2, 0.25) is 0 Å². The Bertz CT molecular complexity index is 538. The fourth-order valence-electron chi connectivity index (χ4n) is 3.13. The molecule has 0 bridgehead atoms. The largest absolute Gasteiger partial charge is 0.479 e. The Hall–Kier alpha value is -1.59. The van der Waals surface area contributed by atoms with Crippen LogP contribution in [0.4, 0.5) is 5.69 Å². The first-order chi connectivity index (χ1) is 10.1. The number of hydrogen-bond donors (Lipinski definition) is 1. The van der Waals surface area contributed by atoms with Crippen molar-refractivity contribution >= 4 is 11.6 Å². The molecule has 2 aliphatic heterocycles. The van der Waals surface area contributed by atoms with E-state index in [1.807, 2.05) is 23.1 Å². The predicted octanol–water partition coefficient (Wildman–Crippen LogP) is 1.39. The first-order valence-corrected chi connectivity index (χ1v) is 7.52. The van der Waals surface area contributed by atoms with Crippen LogP contribution in [0, 0.1) is 0 Å². The van der Waals surface area contributed by atoms with E-state index in [2.05, 4.69) is 11.9 Å². The highest BCUT2D eigenvalue weighted by Crippen LogP contribution is 2.37. The van der Waals surface area contributed by atoms with Gasteiger partial charge in [-0.2, -0.15) is 0 Å². The van der Waals surface area contributed by atoms with Crippen LogP contribution >= 0.6 is 0 Å². The van der Waals surface area contributed by atoms with Gasteiger partial charge in [-0.1, -0.05) is 6.07 Å². The Kier molecular flexibility index (Phi) is 3.87. The molecule has 0 aromatic heterocycles. The predicted molar refractivity (Wildman–Crippen MR) is 80.5 cm³/mol. The zero-order chi connectivity index (χ0) is 15.0. The number of ether oxygens (including phenoxy) is 1. The topological polar surface area (TPSA) is 53.0 Å². The minimum Gasteiger partial charge on any atom is -0.479 e. The molecule has 2 aliphatic rings. The minimum atomic E-state index is -0.447. The number of rotatable bonds is 2. The number of amides is 1. The summed E-state index contributed by atoms with van der Waals surface area (Å²) in [4.78, 5) is 16.8. The first-order valence-electron chi connectivity index (χ1n) is 7.52. The summed E-state index contributed by atoms with van der Waals surface area (Å²) in [6.45, 7) is 3.77. The van der Waals surface area contributed by atoms with Gasteiger partial charge in [-0.25, -0.2) is 0 Å². The van der Waals surface area contributed by atoms with E-state index in [4.69, 9.17) is 4.74 Å². The van der Waals surface area contributed by atoms with Gasteiger partial charge in [-0.3, -0.25) is 4.79 Å². The number of anilines is 1. The number of nitrogens with zero attached hydrogens (tertiary/aromatic N) is 2. The van der Waals surface area contributed by atoms with Gasteiger partial charge in [-0.15, -0.1) is 0 Å². The van der Waals surface area contributed by atoms with E-state index in [1.54, 1.807) is 6.92 Å². The van der Waals surface area contributed by atoms with Crippen LogP contribution in [0.25, 0.3) is 0 Å². The molecule has 1 amide bonds. The summed E-state index contributed by atoms with van der Waals surface area (Å²) in [5.41, 5.74) is 1.61. The van der Waals surface area contributed by atoms with Crippen molar-refractivity contribution in [3.8, 4) is 5.75 Å². The van der Waals surface area contributed by atoms with Crippen molar-refractivity contribution in [3.05, 3.63) is 23.8 Å². The summed E-state index contributed by atoms with van der Waals surface area (Å²) >= 11 is 0. The van der Waals surface area contributed by atoms with Gasteiger partial charge in [-0.05, 0) is 57.6 Å². The number of piperidine rings is 1. The Morgan fingerprint density at radius 1 is 1.33 bits per heavy atom. The summed E-state index contributed by atoms with van der Waals surface area (Å²) in [5, 5.41) is 9.34. The van der Waals surface area contributed by atoms with Crippen molar-refractivity contribution in [3.63, 3.8) is 0 Å². The number of aliphatic hydroxyl groups is 1. The number of benzene rings is 1. The second-order valence-electron chi connectivity index (χ2n) is 5.96. The first kappa shape index (κ1) is 14.4. The van der Waals surface area contributed by atoms with E-state index < -0.39 is 6.10 Å². The molecule has 1 N–H and O–H groups in total. The smallest absolute Gasteiger partial charge is 0.268 e. The lowest BCUT2D eigenvalue weighted by Crippen LogP contribution is -2.52. The SMILES string of the molecule is CC1Oc2ccc(CO)cc2N(C2CCN(C)CC2)C1=O. The lowest BCUT2D eigenvalue weighted by molar-refractivity contribution is -0.126. The van der Waals surface area contributed by atoms with Crippen molar-refractivity contribution in [2.75, 3.05) is 25.0 Å². The highest BCUT2D eigenvalue weighted by Gasteiger charge is 2.37. The van der Waals surface area contributed by atoms with Crippen molar-refractivity contribution in [2.45, 2.75) is 38.5 Å². The van der Waals surface area contributed by atoms with E-state index in [-0.39, 0.29) is 18.6 Å². The summed E-state index contributed by atoms with van der Waals surface area (Å²) in [6.07, 6.45) is 1.49. The van der Waals surface area contributed by atoms with Gasteiger partial charge in [0.1, 0.15) is 5.75 Å². The summed E-state index contributed by atoms with van der Waals surface area (Å²) < 4.78 is 5.70. The molecule has 21 heavy (non-hydrogen) atoms. The molecule has 2 heterocycles. The highest BCUT2D eigenvalue weighted by atomic mass is 16.5. The molecule has 1 aromatic rings. The average molecular weight is 290 g/mol. The maximum Gasteiger partial charge on any atom is 0.268 e. The van der Waals surface area contributed by atoms with Crippen molar-refractivity contribution in [2.24, 2.45) is 0 Å². The summed E-state index contributed by atoms with van der Waals surface area (Å²) in [5.74, 6) is 0.755. The molecule has 1 fully saturated rings. The number of carbonyl (C=O) groups is 1. The monoisotopic (exact) mass is 290 g/mol. The minimum absolute atomic E-state index is 0.0205. The van der Waals surface area contributed by atoms with Crippen LogP contribution < -0.4 is 9.64 Å². The van der Waals surface area contributed by atoms with Crippen LogP contribution in [0.15, 0.2) is 18.2 Å². The van der Waals surface area contributed by atoms with Gasteiger partial charge >= 0.3 is 0 Å². The normalized spacial score (nSPS) is 23.9. The van der Waals surface area contributed by atoms with Crippen LogP contribution in [-0.4, -0.2) is 48.2 Å². The van der Waals surface area contributed by atoms with Crippen molar-refractivity contribution < 1.29 is 14.6 Å². The Balaban J connectivity index is 1.96. The summed E-state index contributed by atoms with van der Waals surface area (Å²) in [7, 11) is 2.11. The molecule has 114 valence electrons. The molecule has 0 saturated carbocycles. The maximum absolute atomic E-state index is 12.6. The van der Waals surface area contributed by atoms with E-state index in [0.29, 0.717) is 0 Å². The molecule has 1 unspecified atom stereocenters. The van der Waals surface area contributed by atoms with Gasteiger partial charge < -0.3 is 19.6 Å². The molecule has 0 aliphatic carbocycles. The molecular weight excluding hydrogens is 268 g/mol. The summed E-state index contributed by atoms with van der Waals surface area (Å²) in [6, 6.07) is 5.78. The van der Waals surface area contributed by atoms with Crippen molar-refractivity contribution in [1.82, 2.24) is 4.90 Å². The van der Waals surface area contributed by atoms with E-state index in [1.165, 1.54) is 0 Å². The van der Waals surface area contributed by atoms with E-state index >= 15 is 0 Å². The molecule has 1 aromatic carbocycles. The number of hydrogen-bond acceptors (Lipinski definition) is 4. The average Bonchev–Trinajstić information content (AvgIpc) is 2.49. The fourth-order valence-corrected chi connectivity index (χ4v) is 3.13. The molecule has 1 saturated heterocycles. The second kappa shape index (κ2) is 5.66. The Morgan fingerprint density at radius 3 is 2.71 bits per heavy atom. The quantitative estimate of drug-likeness (QED) is 0.894. The van der Waals surface area contributed by atoms with E-state index in [9.17, 15) is 9.90 Å². The molecule has 5 nitrogen and oxygen atoms in total. The Morgan fingerprint density at radius 2 is 2.05 bits per heavy atom. The van der Waals surface area contributed by atoms with Gasteiger partial charge in [0.15, 0.2) is 6.10 Å². The molecule has 0 spiro atoms. The van der Waals surface area contributed by atoms with Crippen LogP contribution in [0.1, 0.15) is 25.3 Å². The molecular formula is C16H22N2O3. The van der Waals surface area contributed by atoms with Gasteiger partial charge in [0, 0.05) is 6.04 Å². The lowest BCUT2D eigenvalue weighted by atomic mass is 10.00. The van der Waals surface area contributed by atoms with E-state index in [0.717, 1.165) is 42.9 Å². The van der Waals surface area contributed by atoms with Gasteiger partial charge in [0.2, 0.25) is 0 Å². The third kappa shape index (κ3) is 2.63. The standard InChI is InChI=1S/C16H22N2O3/c1-11-16(20)18(13-5-7-17(2)8-6-13)14-9-12(10-19)3-4-15(14)21-11/h3-4,9,11,13,19H,5-8,10H2,1-2H3. The third-order valence-electron chi connectivity index (χ3n) is 4.41. The zero-order valence-corrected chi connectivity index (χ0v) is 12.6. The lowest BCUT2D eigenvalue weighted by Gasteiger charge is -2.41. The Labute approximate surface area is 125 Å². The van der Waals surface area contributed by atoms with Crippen LogP contribution in [0.5, 0.6) is 5.75 Å². The van der Waals surface area contributed by atoms with Crippen LogP contribution in [0.3, 0.4) is 0 Å². The number of fused-ring (bicyclic) bond motifs is 1. The molecule has 3 rings (SSSR count). The third-order valence-corrected chi connectivity index (χ3v) is 4.41. The highest BCUT2D eigenvalue weighted by molar-refractivity contribution is 6.00.